The lowest BCUT2D eigenvalue weighted by Gasteiger charge is -2.23. The molecule has 1 heterocycles. The van der Waals surface area contributed by atoms with Crippen molar-refractivity contribution in [1.82, 2.24) is 14.8 Å². The van der Waals surface area contributed by atoms with Gasteiger partial charge in [-0.2, -0.15) is 5.10 Å². The van der Waals surface area contributed by atoms with E-state index in [4.69, 9.17) is 10.8 Å². The summed E-state index contributed by atoms with van der Waals surface area (Å²) in [7, 11) is 0. The van der Waals surface area contributed by atoms with E-state index < -0.39 is 11.5 Å². The molecule has 0 spiro atoms. The minimum atomic E-state index is -1.23. The Morgan fingerprint density at radius 1 is 1.79 bits per heavy atom. The van der Waals surface area contributed by atoms with Gasteiger partial charge in [-0.05, 0) is 20.3 Å². The maximum absolute atomic E-state index is 10.8. The monoisotopic (exact) mass is 198 g/mol. The number of nitrogens with zero attached hydrogens (tertiary/aromatic N) is 3. The van der Waals surface area contributed by atoms with Crippen molar-refractivity contribution in [2.45, 2.75) is 31.8 Å². The van der Waals surface area contributed by atoms with Crippen molar-refractivity contribution in [3.05, 3.63) is 12.7 Å². The Balaban J connectivity index is 2.66. The summed E-state index contributed by atoms with van der Waals surface area (Å²) >= 11 is 0. The van der Waals surface area contributed by atoms with Gasteiger partial charge in [0.25, 0.3) is 0 Å². The SMILES string of the molecule is CC(CC(C)(N)C(=O)O)n1cncn1. The first-order chi connectivity index (χ1) is 6.43. The normalized spacial score (nSPS) is 17.4. The fourth-order valence-corrected chi connectivity index (χ4v) is 1.24. The van der Waals surface area contributed by atoms with Crippen molar-refractivity contribution in [3.8, 4) is 0 Å². The van der Waals surface area contributed by atoms with Crippen molar-refractivity contribution < 1.29 is 9.90 Å². The van der Waals surface area contributed by atoms with Gasteiger partial charge in [0.1, 0.15) is 18.2 Å². The molecule has 0 bridgehead atoms. The molecule has 0 aliphatic carbocycles. The highest BCUT2D eigenvalue weighted by Crippen LogP contribution is 2.17. The van der Waals surface area contributed by atoms with E-state index in [1.807, 2.05) is 6.92 Å². The average Bonchev–Trinajstić information content (AvgIpc) is 2.54. The van der Waals surface area contributed by atoms with Crippen LogP contribution in [0.3, 0.4) is 0 Å². The molecular weight excluding hydrogens is 184 g/mol. The van der Waals surface area contributed by atoms with E-state index in [1.54, 1.807) is 11.0 Å². The second-order valence-electron chi connectivity index (χ2n) is 3.65. The number of carboxylic acid groups (broad SMARTS) is 1. The smallest absolute Gasteiger partial charge is 0.323 e. The van der Waals surface area contributed by atoms with E-state index in [0.717, 1.165) is 0 Å². The van der Waals surface area contributed by atoms with Crippen LogP contribution in [-0.4, -0.2) is 31.4 Å². The predicted molar refractivity (Wildman–Crippen MR) is 49.6 cm³/mol. The maximum Gasteiger partial charge on any atom is 0.323 e. The van der Waals surface area contributed by atoms with Crippen molar-refractivity contribution >= 4 is 5.97 Å². The standard InChI is InChI=1S/C8H14N4O2/c1-6(12-5-10-4-11-12)3-8(2,9)7(13)14/h4-6H,3,9H2,1-2H3,(H,13,14). The molecule has 0 amide bonds. The molecule has 2 unspecified atom stereocenters. The molecule has 1 aromatic heterocycles. The molecule has 1 rings (SSSR count). The quantitative estimate of drug-likeness (QED) is 0.711. The van der Waals surface area contributed by atoms with Gasteiger partial charge < -0.3 is 10.8 Å². The van der Waals surface area contributed by atoms with Crippen molar-refractivity contribution in [1.29, 1.82) is 0 Å². The molecule has 0 aromatic carbocycles. The molecule has 1 aromatic rings. The average molecular weight is 198 g/mol. The molecule has 0 saturated carbocycles. The third-order valence-corrected chi connectivity index (χ3v) is 2.10. The number of aliphatic carboxylic acids is 1. The summed E-state index contributed by atoms with van der Waals surface area (Å²) in [5, 5.41) is 12.7. The lowest BCUT2D eigenvalue weighted by atomic mass is 9.95. The van der Waals surface area contributed by atoms with Crippen molar-refractivity contribution in [3.63, 3.8) is 0 Å². The highest BCUT2D eigenvalue weighted by atomic mass is 16.4. The van der Waals surface area contributed by atoms with Crippen LogP contribution < -0.4 is 5.73 Å². The number of carboxylic acids is 1. The number of nitrogens with two attached hydrogens (primary N) is 1. The van der Waals surface area contributed by atoms with Gasteiger partial charge >= 0.3 is 5.97 Å². The summed E-state index contributed by atoms with van der Waals surface area (Å²) in [6, 6.07) is -0.0800. The van der Waals surface area contributed by atoms with Crippen molar-refractivity contribution in [2.75, 3.05) is 0 Å². The molecule has 2 atom stereocenters. The summed E-state index contributed by atoms with van der Waals surface area (Å²) in [4.78, 5) is 14.5. The summed E-state index contributed by atoms with van der Waals surface area (Å²) in [6.45, 7) is 3.34. The molecule has 0 aliphatic rings. The zero-order valence-corrected chi connectivity index (χ0v) is 8.21. The third-order valence-electron chi connectivity index (χ3n) is 2.10. The van der Waals surface area contributed by atoms with Crippen LogP contribution in [0.5, 0.6) is 0 Å². The first-order valence-corrected chi connectivity index (χ1v) is 4.30. The lowest BCUT2D eigenvalue weighted by molar-refractivity contribution is -0.143. The highest BCUT2D eigenvalue weighted by molar-refractivity contribution is 5.77. The van der Waals surface area contributed by atoms with Crippen LogP contribution in [0.25, 0.3) is 0 Å². The van der Waals surface area contributed by atoms with Crippen LogP contribution in [0.15, 0.2) is 12.7 Å². The molecule has 0 radical (unpaired) electrons. The largest absolute Gasteiger partial charge is 0.480 e. The Kier molecular flexibility index (Phi) is 2.85. The van der Waals surface area contributed by atoms with Crippen LogP contribution in [-0.2, 0) is 4.79 Å². The molecule has 0 fully saturated rings. The van der Waals surface area contributed by atoms with Gasteiger partial charge in [-0.3, -0.25) is 9.48 Å². The molecular formula is C8H14N4O2. The number of hydrogen-bond acceptors (Lipinski definition) is 4. The van der Waals surface area contributed by atoms with Crippen molar-refractivity contribution in [2.24, 2.45) is 5.73 Å². The molecule has 78 valence electrons. The molecule has 3 N–H and O–H groups in total. The first-order valence-electron chi connectivity index (χ1n) is 4.30. The minimum Gasteiger partial charge on any atom is -0.480 e. The topological polar surface area (TPSA) is 94.0 Å². The van der Waals surface area contributed by atoms with Crippen LogP contribution >= 0.6 is 0 Å². The van der Waals surface area contributed by atoms with Gasteiger partial charge in [0.15, 0.2) is 0 Å². The van der Waals surface area contributed by atoms with E-state index in [-0.39, 0.29) is 6.04 Å². The number of hydrogen-bond donors (Lipinski definition) is 2. The molecule has 0 saturated heterocycles. The third kappa shape index (κ3) is 2.29. The van der Waals surface area contributed by atoms with Crippen LogP contribution in [0.2, 0.25) is 0 Å². The van der Waals surface area contributed by atoms with Gasteiger partial charge in [0.05, 0.1) is 6.04 Å². The zero-order chi connectivity index (χ0) is 10.8. The predicted octanol–water partition coefficient (Wildman–Crippen LogP) is 0.0312. The van der Waals surface area contributed by atoms with Gasteiger partial charge in [0, 0.05) is 0 Å². The summed E-state index contributed by atoms with van der Waals surface area (Å²) in [5.74, 6) is -1.01. The Hall–Kier alpha value is -1.43. The van der Waals surface area contributed by atoms with Gasteiger partial charge in [-0.15, -0.1) is 0 Å². The van der Waals surface area contributed by atoms with Gasteiger partial charge in [-0.1, -0.05) is 0 Å². The number of carbonyl (C=O) groups is 1. The van der Waals surface area contributed by atoms with E-state index in [9.17, 15) is 4.79 Å². The van der Waals surface area contributed by atoms with Gasteiger partial charge in [0.2, 0.25) is 0 Å². The summed E-state index contributed by atoms with van der Waals surface area (Å²) in [5.41, 5.74) is 4.37. The van der Waals surface area contributed by atoms with E-state index in [2.05, 4.69) is 10.1 Å². The Labute approximate surface area is 81.7 Å². The summed E-state index contributed by atoms with van der Waals surface area (Å²) in [6.07, 6.45) is 3.26. The molecule has 6 nitrogen and oxygen atoms in total. The fraction of sp³-hybridized carbons (Fsp3) is 0.625. The Morgan fingerprint density at radius 2 is 2.43 bits per heavy atom. The maximum atomic E-state index is 10.8. The number of aromatic nitrogens is 3. The number of rotatable bonds is 4. The van der Waals surface area contributed by atoms with Crippen LogP contribution in [0.1, 0.15) is 26.3 Å². The molecule has 0 aliphatic heterocycles. The lowest BCUT2D eigenvalue weighted by Crippen LogP contribution is -2.46. The summed E-state index contributed by atoms with van der Waals surface area (Å²) < 4.78 is 1.59. The molecule has 6 heteroatoms. The second kappa shape index (κ2) is 3.75. The molecule has 14 heavy (non-hydrogen) atoms. The minimum absolute atomic E-state index is 0.0800. The zero-order valence-electron chi connectivity index (χ0n) is 8.21. The second-order valence-corrected chi connectivity index (χ2v) is 3.65. The van der Waals surface area contributed by atoms with Crippen LogP contribution in [0.4, 0.5) is 0 Å². The van der Waals surface area contributed by atoms with Gasteiger partial charge in [-0.25, -0.2) is 4.98 Å². The highest BCUT2D eigenvalue weighted by Gasteiger charge is 2.30. The van der Waals surface area contributed by atoms with E-state index in [0.29, 0.717) is 6.42 Å². The van der Waals surface area contributed by atoms with E-state index in [1.165, 1.54) is 13.3 Å². The van der Waals surface area contributed by atoms with Crippen LogP contribution in [0, 0.1) is 0 Å². The Bertz CT molecular complexity index is 307. The van der Waals surface area contributed by atoms with E-state index >= 15 is 0 Å². The first kappa shape index (κ1) is 10.6. The fourth-order valence-electron chi connectivity index (χ4n) is 1.24. The Morgan fingerprint density at radius 3 is 2.86 bits per heavy atom.